The van der Waals surface area contributed by atoms with Crippen LogP contribution in [0.5, 0.6) is 0 Å². The van der Waals surface area contributed by atoms with E-state index in [0.717, 1.165) is 11.1 Å². The molecule has 4 rings (SSSR count). The van der Waals surface area contributed by atoms with Gasteiger partial charge in [0.05, 0.1) is 5.52 Å². The molecule has 28 heavy (non-hydrogen) atoms. The smallest absolute Gasteiger partial charge is 0.275 e. The number of nitrogens with zero attached hydrogens (tertiary/aromatic N) is 4. The predicted octanol–water partition coefficient (Wildman–Crippen LogP) is 1.63. The summed E-state index contributed by atoms with van der Waals surface area (Å²) in [5, 5.41) is 5.01. The molecule has 0 atom stereocenters. The minimum atomic E-state index is -0.402. The number of imide groups is 1. The summed E-state index contributed by atoms with van der Waals surface area (Å²) < 4.78 is 1.63. The summed E-state index contributed by atoms with van der Waals surface area (Å²) in [4.78, 5) is 40.5. The summed E-state index contributed by atoms with van der Waals surface area (Å²) in [7, 11) is 1.76. The van der Waals surface area contributed by atoms with Crippen LogP contribution >= 0.6 is 0 Å². The topological polar surface area (TPSA) is 75.5 Å². The highest BCUT2D eigenvalue weighted by molar-refractivity contribution is 6.09. The van der Waals surface area contributed by atoms with Crippen molar-refractivity contribution in [1.29, 1.82) is 0 Å². The lowest BCUT2D eigenvalue weighted by Crippen LogP contribution is -2.56. The van der Waals surface area contributed by atoms with Crippen molar-refractivity contribution in [1.82, 2.24) is 19.6 Å². The van der Waals surface area contributed by atoms with Crippen molar-refractivity contribution in [3.05, 3.63) is 65.9 Å². The third-order valence-corrected chi connectivity index (χ3v) is 4.97. The van der Waals surface area contributed by atoms with Gasteiger partial charge in [0.1, 0.15) is 13.1 Å². The Balaban J connectivity index is 1.48. The number of hydrogen-bond acceptors (Lipinski definition) is 4. The molecule has 0 aliphatic carbocycles. The molecule has 0 unspecified atom stereocenters. The normalized spacial score (nSPS) is 14.8. The van der Waals surface area contributed by atoms with E-state index in [-0.39, 0.29) is 30.6 Å². The number of piperazine rings is 1. The van der Waals surface area contributed by atoms with Gasteiger partial charge in [-0.1, -0.05) is 48.5 Å². The van der Waals surface area contributed by atoms with Crippen molar-refractivity contribution in [2.24, 2.45) is 7.05 Å². The highest BCUT2D eigenvalue weighted by atomic mass is 16.2. The van der Waals surface area contributed by atoms with Crippen molar-refractivity contribution >= 4 is 28.6 Å². The molecule has 3 amide bonds. The maximum atomic E-state index is 12.9. The Kier molecular flexibility index (Phi) is 4.65. The lowest BCUT2D eigenvalue weighted by atomic mass is 10.1. The average Bonchev–Trinajstić information content (AvgIpc) is 3.04. The number of fused-ring (bicyclic) bond motifs is 1. The lowest BCUT2D eigenvalue weighted by molar-refractivity contribution is -0.150. The van der Waals surface area contributed by atoms with E-state index in [0.29, 0.717) is 18.4 Å². The second kappa shape index (κ2) is 7.26. The van der Waals surface area contributed by atoms with Crippen molar-refractivity contribution in [2.45, 2.75) is 6.42 Å². The van der Waals surface area contributed by atoms with Gasteiger partial charge in [0, 0.05) is 19.0 Å². The Morgan fingerprint density at radius 3 is 2.32 bits per heavy atom. The Hall–Kier alpha value is -3.48. The molecule has 0 radical (unpaired) electrons. The SMILES string of the molecule is Cn1nc(C(=O)N2CC(=O)N(CCc3ccccc3)C(=O)C2)c2ccccc21. The van der Waals surface area contributed by atoms with Crippen LogP contribution in [-0.4, -0.2) is 56.9 Å². The fourth-order valence-electron chi connectivity index (χ4n) is 3.49. The third-order valence-electron chi connectivity index (χ3n) is 4.97. The lowest BCUT2D eigenvalue weighted by Gasteiger charge is -2.32. The summed E-state index contributed by atoms with van der Waals surface area (Å²) in [6, 6.07) is 17.1. The van der Waals surface area contributed by atoms with Gasteiger partial charge in [0.2, 0.25) is 11.8 Å². The highest BCUT2D eigenvalue weighted by Crippen LogP contribution is 2.20. The molecule has 0 N–H and O–H groups in total. The van der Waals surface area contributed by atoms with Crippen LogP contribution < -0.4 is 0 Å². The molecular formula is C21H20N4O3. The van der Waals surface area contributed by atoms with Gasteiger partial charge in [0.25, 0.3) is 5.91 Å². The summed E-state index contributed by atoms with van der Waals surface area (Å²) in [6.07, 6.45) is 0.594. The second-order valence-electron chi connectivity index (χ2n) is 6.83. The van der Waals surface area contributed by atoms with Crippen molar-refractivity contribution in [3.8, 4) is 0 Å². The van der Waals surface area contributed by atoms with E-state index in [1.807, 2.05) is 54.6 Å². The van der Waals surface area contributed by atoms with Crippen LogP contribution in [0.25, 0.3) is 10.9 Å². The number of amides is 3. The van der Waals surface area contributed by atoms with Gasteiger partial charge >= 0.3 is 0 Å². The molecule has 142 valence electrons. The van der Waals surface area contributed by atoms with E-state index < -0.39 is 5.91 Å². The molecule has 3 aromatic rings. The van der Waals surface area contributed by atoms with E-state index in [1.165, 1.54) is 9.80 Å². The van der Waals surface area contributed by atoms with Gasteiger partial charge < -0.3 is 4.90 Å². The van der Waals surface area contributed by atoms with Crippen LogP contribution in [-0.2, 0) is 23.1 Å². The number of benzene rings is 2. The molecule has 1 aliphatic heterocycles. The van der Waals surface area contributed by atoms with E-state index in [1.54, 1.807) is 11.7 Å². The number of aromatic nitrogens is 2. The first-order valence-corrected chi connectivity index (χ1v) is 9.12. The number of carbonyl (C=O) groups excluding carboxylic acids is 3. The summed E-state index contributed by atoms with van der Waals surface area (Å²) in [6.45, 7) is 0.0742. The minimum Gasteiger partial charge on any atom is -0.319 e. The molecule has 7 heteroatoms. The first-order chi connectivity index (χ1) is 13.5. The van der Waals surface area contributed by atoms with E-state index in [4.69, 9.17) is 0 Å². The zero-order chi connectivity index (χ0) is 19.7. The number of hydrogen-bond donors (Lipinski definition) is 0. The number of aryl methyl sites for hydroxylation is 1. The fraction of sp³-hybridized carbons (Fsp3) is 0.238. The number of rotatable bonds is 4. The first kappa shape index (κ1) is 17.9. The molecule has 1 aliphatic rings. The number of carbonyl (C=O) groups is 3. The van der Waals surface area contributed by atoms with Crippen molar-refractivity contribution in [2.75, 3.05) is 19.6 Å². The fourth-order valence-corrected chi connectivity index (χ4v) is 3.49. The van der Waals surface area contributed by atoms with Gasteiger partial charge in [-0.05, 0) is 18.1 Å². The summed E-state index contributed by atoms with van der Waals surface area (Å²) in [5.74, 6) is -1.12. The number of para-hydroxylation sites is 1. The Morgan fingerprint density at radius 1 is 0.964 bits per heavy atom. The Morgan fingerprint density at radius 2 is 1.61 bits per heavy atom. The molecule has 7 nitrogen and oxygen atoms in total. The largest absolute Gasteiger partial charge is 0.319 e. The van der Waals surface area contributed by atoms with Gasteiger partial charge in [-0.15, -0.1) is 0 Å². The molecule has 1 aromatic heterocycles. The molecule has 0 bridgehead atoms. The quantitative estimate of drug-likeness (QED) is 0.649. The van der Waals surface area contributed by atoms with Crippen LogP contribution in [0.2, 0.25) is 0 Å². The Labute approximate surface area is 162 Å². The summed E-state index contributed by atoms with van der Waals surface area (Å²) in [5.41, 5.74) is 2.14. The van der Waals surface area contributed by atoms with Crippen LogP contribution in [0.3, 0.4) is 0 Å². The van der Waals surface area contributed by atoms with Crippen LogP contribution in [0.4, 0.5) is 0 Å². The average molecular weight is 376 g/mol. The molecular weight excluding hydrogens is 356 g/mol. The third kappa shape index (κ3) is 3.26. The molecule has 2 aromatic carbocycles. The van der Waals surface area contributed by atoms with Crippen molar-refractivity contribution in [3.63, 3.8) is 0 Å². The van der Waals surface area contributed by atoms with Crippen LogP contribution in [0.1, 0.15) is 16.1 Å². The molecule has 2 heterocycles. The first-order valence-electron chi connectivity index (χ1n) is 9.12. The van der Waals surface area contributed by atoms with E-state index in [2.05, 4.69) is 5.10 Å². The Bertz CT molecular complexity index is 1040. The van der Waals surface area contributed by atoms with Gasteiger partial charge in [-0.3, -0.25) is 24.0 Å². The predicted molar refractivity (Wildman–Crippen MR) is 103 cm³/mol. The molecule has 1 fully saturated rings. The van der Waals surface area contributed by atoms with Crippen LogP contribution in [0.15, 0.2) is 54.6 Å². The van der Waals surface area contributed by atoms with Crippen LogP contribution in [0, 0.1) is 0 Å². The maximum Gasteiger partial charge on any atom is 0.275 e. The standard InChI is InChI=1S/C21H20N4O3/c1-23-17-10-6-5-9-16(17)20(22-23)21(28)24-13-18(26)25(19(27)14-24)12-11-15-7-3-2-4-8-15/h2-10H,11-14H2,1H3. The maximum absolute atomic E-state index is 12.9. The second-order valence-corrected chi connectivity index (χ2v) is 6.83. The molecule has 0 saturated carbocycles. The van der Waals surface area contributed by atoms with Gasteiger partial charge in [-0.25, -0.2) is 0 Å². The van der Waals surface area contributed by atoms with Gasteiger partial charge in [0.15, 0.2) is 5.69 Å². The zero-order valence-electron chi connectivity index (χ0n) is 15.5. The molecule has 0 spiro atoms. The van der Waals surface area contributed by atoms with Gasteiger partial charge in [-0.2, -0.15) is 5.10 Å². The highest BCUT2D eigenvalue weighted by Gasteiger charge is 2.34. The molecule has 1 saturated heterocycles. The van der Waals surface area contributed by atoms with Crippen molar-refractivity contribution < 1.29 is 14.4 Å². The van der Waals surface area contributed by atoms with E-state index >= 15 is 0 Å². The summed E-state index contributed by atoms with van der Waals surface area (Å²) >= 11 is 0. The minimum absolute atomic E-state index is 0.121. The van der Waals surface area contributed by atoms with E-state index in [9.17, 15) is 14.4 Å². The monoisotopic (exact) mass is 376 g/mol. The zero-order valence-corrected chi connectivity index (χ0v) is 15.5.